The molecule has 1 nitrogen and oxygen atoms in total. The molecule has 6 heteroatoms. The molecule has 166 valence electrons. The molecule has 0 unspecified atom stereocenters. The summed E-state index contributed by atoms with van der Waals surface area (Å²) in [7, 11) is 0. The van der Waals surface area contributed by atoms with Crippen LogP contribution in [0, 0.1) is 29.4 Å². The molecule has 1 saturated carbocycles. The smallest absolute Gasteiger partial charge is 0.374 e. The fourth-order valence-electron chi connectivity index (χ4n) is 4.00. The maximum Gasteiger partial charge on any atom is 0.458 e. The molecule has 3 rings (SSSR count). The summed E-state index contributed by atoms with van der Waals surface area (Å²) in [5, 5.41) is 0. The SMILES string of the molecule is CCCC1CCC(OCc2ccc(-c3cc(F)c(C#CC(F)(F)F)c(F)c3)cc2)CC1. The summed E-state index contributed by atoms with van der Waals surface area (Å²) in [5.41, 5.74) is 0.846. The van der Waals surface area contributed by atoms with Crippen molar-refractivity contribution in [3.8, 4) is 23.0 Å². The van der Waals surface area contributed by atoms with Crippen LogP contribution in [0.4, 0.5) is 22.0 Å². The molecule has 1 aliphatic rings. The first-order chi connectivity index (χ1) is 14.7. The molecule has 0 amide bonds. The highest BCUT2D eigenvalue weighted by Crippen LogP contribution is 2.30. The van der Waals surface area contributed by atoms with Crippen molar-refractivity contribution in [1.29, 1.82) is 0 Å². The standard InChI is InChI=1S/C25H25F5O/c1-2-3-17-6-10-21(11-7-17)31-16-18-4-8-19(9-5-18)20-14-23(26)22(24(27)15-20)12-13-25(28,29)30/h4-5,8-9,14-15,17,21H,2-3,6-7,10-11,16H2,1H3. The predicted octanol–water partition coefficient (Wildman–Crippen LogP) is 7.42. The Morgan fingerprint density at radius 1 is 0.935 bits per heavy atom. The zero-order valence-electron chi connectivity index (χ0n) is 17.4. The molecule has 0 saturated heterocycles. The number of alkyl halides is 3. The number of hydrogen-bond donors (Lipinski definition) is 0. The average Bonchev–Trinajstić information content (AvgIpc) is 2.72. The Hall–Kier alpha value is -2.39. The Morgan fingerprint density at radius 2 is 1.55 bits per heavy atom. The van der Waals surface area contributed by atoms with Gasteiger partial charge in [-0.2, -0.15) is 13.2 Å². The van der Waals surface area contributed by atoms with E-state index in [4.69, 9.17) is 4.74 Å². The lowest BCUT2D eigenvalue weighted by molar-refractivity contribution is -0.0696. The topological polar surface area (TPSA) is 9.23 Å². The number of ether oxygens (including phenoxy) is 1. The Bertz CT molecular complexity index is 906. The van der Waals surface area contributed by atoms with Crippen molar-refractivity contribution < 1.29 is 26.7 Å². The third-order valence-corrected chi connectivity index (χ3v) is 5.64. The Kier molecular flexibility index (Phi) is 7.72. The first-order valence-electron chi connectivity index (χ1n) is 10.5. The zero-order valence-corrected chi connectivity index (χ0v) is 17.4. The minimum Gasteiger partial charge on any atom is -0.374 e. The largest absolute Gasteiger partial charge is 0.458 e. The number of halogens is 5. The van der Waals surface area contributed by atoms with Gasteiger partial charge in [-0.25, -0.2) is 8.78 Å². The zero-order chi connectivity index (χ0) is 22.4. The highest BCUT2D eigenvalue weighted by atomic mass is 19.4. The fourth-order valence-corrected chi connectivity index (χ4v) is 4.00. The molecular formula is C25H25F5O. The van der Waals surface area contributed by atoms with Gasteiger partial charge in [0.2, 0.25) is 0 Å². The van der Waals surface area contributed by atoms with Crippen molar-refractivity contribution >= 4 is 0 Å². The summed E-state index contributed by atoms with van der Waals surface area (Å²) in [4.78, 5) is 0. The molecule has 1 fully saturated rings. The molecule has 0 spiro atoms. The van der Waals surface area contributed by atoms with E-state index in [1.807, 2.05) is 12.1 Å². The first-order valence-corrected chi connectivity index (χ1v) is 10.5. The number of rotatable bonds is 6. The van der Waals surface area contributed by atoms with Crippen molar-refractivity contribution in [2.75, 3.05) is 0 Å². The van der Waals surface area contributed by atoms with Crippen LogP contribution in [0.3, 0.4) is 0 Å². The van der Waals surface area contributed by atoms with E-state index in [1.54, 1.807) is 12.1 Å². The number of benzene rings is 2. The summed E-state index contributed by atoms with van der Waals surface area (Å²) in [6.45, 7) is 2.68. The van der Waals surface area contributed by atoms with E-state index in [0.29, 0.717) is 12.2 Å². The molecule has 0 bridgehead atoms. The van der Waals surface area contributed by atoms with Gasteiger partial charge in [0.05, 0.1) is 18.3 Å². The third kappa shape index (κ3) is 6.80. The van der Waals surface area contributed by atoms with E-state index in [1.165, 1.54) is 31.6 Å². The van der Waals surface area contributed by atoms with Gasteiger partial charge in [-0.3, -0.25) is 0 Å². The second kappa shape index (κ2) is 10.3. The van der Waals surface area contributed by atoms with Crippen molar-refractivity contribution in [2.45, 2.75) is 64.3 Å². The van der Waals surface area contributed by atoms with E-state index in [2.05, 4.69) is 6.92 Å². The van der Waals surface area contributed by atoms with Gasteiger partial charge in [-0.05, 0) is 60.4 Å². The lowest BCUT2D eigenvalue weighted by Crippen LogP contribution is -2.21. The molecule has 2 aromatic rings. The quantitative estimate of drug-likeness (QED) is 0.338. The van der Waals surface area contributed by atoms with Crippen LogP contribution in [-0.4, -0.2) is 12.3 Å². The summed E-state index contributed by atoms with van der Waals surface area (Å²) in [6.07, 6.45) is 2.52. The number of hydrogen-bond acceptors (Lipinski definition) is 1. The fraction of sp³-hybridized carbons (Fsp3) is 0.440. The van der Waals surface area contributed by atoms with Gasteiger partial charge in [0.15, 0.2) is 0 Å². The molecule has 0 atom stereocenters. The van der Waals surface area contributed by atoms with Crippen LogP contribution in [0.15, 0.2) is 36.4 Å². The molecule has 2 aromatic carbocycles. The van der Waals surface area contributed by atoms with E-state index in [-0.39, 0.29) is 11.7 Å². The van der Waals surface area contributed by atoms with Crippen LogP contribution < -0.4 is 0 Å². The maximum atomic E-state index is 14.1. The van der Waals surface area contributed by atoms with Crippen LogP contribution in [0.2, 0.25) is 0 Å². The van der Waals surface area contributed by atoms with E-state index in [0.717, 1.165) is 42.4 Å². The second-order valence-corrected chi connectivity index (χ2v) is 8.00. The van der Waals surface area contributed by atoms with Gasteiger partial charge in [0, 0.05) is 5.92 Å². The highest BCUT2D eigenvalue weighted by molar-refractivity contribution is 5.65. The maximum absolute atomic E-state index is 14.1. The van der Waals surface area contributed by atoms with Crippen molar-refractivity contribution in [3.05, 3.63) is 59.2 Å². The minimum absolute atomic E-state index is 0.231. The molecule has 0 heterocycles. The van der Waals surface area contributed by atoms with Gasteiger partial charge >= 0.3 is 6.18 Å². The minimum atomic E-state index is -4.82. The van der Waals surface area contributed by atoms with Crippen LogP contribution in [0.5, 0.6) is 0 Å². The molecule has 0 N–H and O–H groups in total. The average molecular weight is 436 g/mol. The van der Waals surface area contributed by atoms with Gasteiger partial charge in [-0.1, -0.05) is 50.0 Å². The van der Waals surface area contributed by atoms with Crippen molar-refractivity contribution in [2.24, 2.45) is 5.92 Å². The summed E-state index contributed by atoms with van der Waals surface area (Å²) >= 11 is 0. The van der Waals surface area contributed by atoms with E-state index < -0.39 is 23.4 Å². The lowest BCUT2D eigenvalue weighted by atomic mass is 9.85. The van der Waals surface area contributed by atoms with Crippen LogP contribution in [0.25, 0.3) is 11.1 Å². The summed E-state index contributed by atoms with van der Waals surface area (Å²) in [6, 6.07) is 9.06. The van der Waals surface area contributed by atoms with Gasteiger partial charge < -0.3 is 4.74 Å². The lowest BCUT2D eigenvalue weighted by Gasteiger charge is -2.28. The second-order valence-electron chi connectivity index (χ2n) is 8.00. The van der Waals surface area contributed by atoms with Crippen molar-refractivity contribution in [1.82, 2.24) is 0 Å². The molecule has 0 aliphatic heterocycles. The van der Waals surface area contributed by atoms with Crippen LogP contribution in [-0.2, 0) is 11.3 Å². The van der Waals surface area contributed by atoms with Crippen molar-refractivity contribution in [3.63, 3.8) is 0 Å². The summed E-state index contributed by atoms with van der Waals surface area (Å²) in [5.74, 6) is 0.979. The Labute approximate surface area is 179 Å². The van der Waals surface area contributed by atoms with Gasteiger partial charge in [0.25, 0.3) is 0 Å². The highest BCUT2D eigenvalue weighted by Gasteiger charge is 2.24. The van der Waals surface area contributed by atoms with E-state index in [9.17, 15) is 22.0 Å². The van der Waals surface area contributed by atoms with Crippen LogP contribution >= 0.6 is 0 Å². The molecule has 1 aliphatic carbocycles. The predicted molar refractivity (Wildman–Crippen MR) is 110 cm³/mol. The summed E-state index contributed by atoms with van der Waals surface area (Å²) < 4.78 is 70.8. The Morgan fingerprint density at radius 3 is 2.10 bits per heavy atom. The van der Waals surface area contributed by atoms with E-state index >= 15 is 0 Å². The normalized spacial score (nSPS) is 19.0. The molecule has 0 aromatic heterocycles. The molecule has 31 heavy (non-hydrogen) atoms. The van der Waals surface area contributed by atoms with Gasteiger partial charge in [-0.15, -0.1) is 0 Å². The van der Waals surface area contributed by atoms with Gasteiger partial charge in [0.1, 0.15) is 11.6 Å². The molecular weight excluding hydrogens is 411 g/mol. The Balaban J connectivity index is 1.62. The third-order valence-electron chi connectivity index (χ3n) is 5.64. The first kappa shape index (κ1) is 23.3. The molecule has 0 radical (unpaired) electrons. The monoisotopic (exact) mass is 436 g/mol. The van der Waals surface area contributed by atoms with Crippen LogP contribution in [0.1, 0.15) is 56.6 Å².